The molecule has 2 amide bonds. The number of alkyl halides is 1. The third-order valence-corrected chi connectivity index (χ3v) is 2.78. The normalized spacial score (nSPS) is 19.8. The first-order valence-electron chi connectivity index (χ1n) is 4.85. The van der Waals surface area contributed by atoms with E-state index >= 15 is 0 Å². The van der Waals surface area contributed by atoms with Crippen LogP contribution in [0.3, 0.4) is 0 Å². The van der Waals surface area contributed by atoms with Gasteiger partial charge in [-0.25, -0.2) is 9.69 Å². The number of nitrogens with zero attached hydrogens (tertiary/aromatic N) is 1. The topological polar surface area (TPSA) is 74.7 Å². The summed E-state index contributed by atoms with van der Waals surface area (Å²) in [5.41, 5.74) is 0.254. The lowest BCUT2D eigenvalue weighted by Crippen LogP contribution is -2.30. The van der Waals surface area contributed by atoms with Crippen LogP contribution in [0.4, 0.5) is 5.69 Å². The van der Waals surface area contributed by atoms with Gasteiger partial charge in [0.15, 0.2) is 0 Å². The monoisotopic (exact) mass is 253 g/mol. The van der Waals surface area contributed by atoms with Crippen LogP contribution in [0.1, 0.15) is 16.8 Å². The Morgan fingerprint density at radius 1 is 1.41 bits per heavy atom. The predicted octanol–water partition coefficient (Wildman–Crippen LogP) is 1.26. The van der Waals surface area contributed by atoms with Gasteiger partial charge >= 0.3 is 5.97 Å². The second kappa shape index (κ2) is 4.18. The highest BCUT2D eigenvalue weighted by molar-refractivity contribution is 6.40. The van der Waals surface area contributed by atoms with E-state index in [9.17, 15) is 14.4 Å². The average Bonchev–Trinajstić information content (AvgIpc) is 2.53. The molecule has 1 aromatic rings. The lowest BCUT2D eigenvalue weighted by atomic mass is 10.2. The summed E-state index contributed by atoms with van der Waals surface area (Å²) in [5.74, 6) is -2.05. The Balaban J connectivity index is 2.40. The molecule has 1 N–H and O–H groups in total. The first kappa shape index (κ1) is 11.6. The third kappa shape index (κ3) is 2.01. The standard InChI is InChI=1S/C11H8ClNO4/c12-8-5-9(14)13(10(8)15)7-3-1-2-6(4-7)11(16)17/h1-4,8H,5H2,(H,16,17). The maximum Gasteiger partial charge on any atom is 0.335 e. The Hall–Kier alpha value is -1.88. The molecule has 1 atom stereocenters. The van der Waals surface area contributed by atoms with Crippen LogP contribution in [-0.2, 0) is 9.59 Å². The number of hydrogen-bond donors (Lipinski definition) is 1. The van der Waals surface area contributed by atoms with Gasteiger partial charge in [-0.15, -0.1) is 11.6 Å². The van der Waals surface area contributed by atoms with Crippen LogP contribution < -0.4 is 4.90 Å². The van der Waals surface area contributed by atoms with Gasteiger partial charge in [-0.1, -0.05) is 6.07 Å². The predicted molar refractivity (Wildman–Crippen MR) is 60.2 cm³/mol. The lowest BCUT2D eigenvalue weighted by molar-refractivity contribution is -0.121. The Morgan fingerprint density at radius 2 is 2.12 bits per heavy atom. The summed E-state index contributed by atoms with van der Waals surface area (Å²) >= 11 is 5.68. The summed E-state index contributed by atoms with van der Waals surface area (Å²) < 4.78 is 0. The number of carboxylic acid groups (broad SMARTS) is 1. The van der Waals surface area contributed by atoms with E-state index in [1.54, 1.807) is 0 Å². The van der Waals surface area contributed by atoms with Gasteiger partial charge in [-0.2, -0.15) is 0 Å². The molecule has 0 aromatic heterocycles. The highest BCUT2D eigenvalue weighted by Gasteiger charge is 2.38. The molecule has 5 nitrogen and oxygen atoms in total. The van der Waals surface area contributed by atoms with E-state index < -0.39 is 23.2 Å². The van der Waals surface area contributed by atoms with E-state index in [1.807, 2.05) is 0 Å². The van der Waals surface area contributed by atoms with Gasteiger partial charge in [0.1, 0.15) is 5.38 Å². The number of halogens is 1. The summed E-state index contributed by atoms with van der Waals surface area (Å²) in [7, 11) is 0. The molecule has 1 unspecified atom stereocenters. The van der Waals surface area contributed by atoms with E-state index in [2.05, 4.69) is 0 Å². The highest BCUT2D eigenvalue weighted by Crippen LogP contribution is 2.26. The van der Waals surface area contributed by atoms with Crippen molar-refractivity contribution in [1.82, 2.24) is 0 Å². The van der Waals surface area contributed by atoms with Gasteiger partial charge in [-0.05, 0) is 18.2 Å². The maximum absolute atomic E-state index is 11.6. The third-order valence-electron chi connectivity index (χ3n) is 2.44. The smallest absolute Gasteiger partial charge is 0.335 e. The molecule has 1 saturated heterocycles. The number of aromatic carboxylic acids is 1. The molecule has 0 saturated carbocycles. The molecule has 1 aliphatic rings. The fourth-order valence-corrected chi connectivity index (χ4v) is 1.87. The number of carbonyl (C=O) groups is 3. The van der Waals surface area contributed by atoms with E-state index in [1.165, 1.54) is 24.3 Å². The molecule has 1 aromatic carbocycles. The van der Waals surface area contributed by atoms with Gasteiger partial charge in [-0.3, -0.25) is 9.59 Å². The molecular formula is C11H8ClNO4. The van der Waals surface area contributed by atoms with Crippen molar-refractivity contribution in [2.45, 2.75) is 11.8 Å². The summed E-state index contributed by atoms with van der Waals surface area (Å²) in [6.45, 7) is 0. The number of carboxylic acids is 1. The first-order valence-corrected chi connectivity index (χ1v) is 5.28. The fraction of sp³-hybridized carbons (Fsp3) is 0.182. The van der Waals surface area contributed by atoms with E-state index in [4.69, 9.17) is 16.7 Å². The van der Waals surface area contributed by atoms with Gasteiger partial charge in [0, 0.05) is 0 Å². The zero-order chi connectivity index (χ0) is 12.6. The van der Waals surface area contributed by atoms with E-state index in [0.717, 1.165) is 4.90 Å². The number of imide groups is 1. The Morgan fingerprint density at radius 3 is 2.65 bits per heavy atom. The van der Waals surface area contributed by atoms with Crippen LogP contribution in [0.5, 0.6) is 0 Å². The summed E-state index contributed by atoms with van der Waals surface area (Å²) in [6, 6.07) is 5.63. The molecule has 0 bridgehead atoms. The molecule has 0 spiro atoms. The van der Waals surface area contributed by atoms with Crippen LogP contribution >= 0.6 is 11.6 Å². The van der Waals surface area contributed by atoms with E-state index in [0.29, 0.717) is 0 Å². The summed E-state index contributed by atoms with van der Waals surface area (Å²) in [4.78, 5) is 34.9. The SMILES string of the molecule is O=C(O)c1cccc(N2C(=O)CC(Cl)C2=O)c1. The molecule has 0 radical (unpaired) electrons. The Labute approximate surface area is 102 Å². The molecule has 1 fully saturated rings. The van der Waals surface area contributed by atoms with Crippen molar-refractivity contribution < 1.29 is 19.5 Å². The highest BCUT2D eigenvalue weighted by atomic mass is 35.5. The van der Waals surface area contributed by atoms with Crippen molar-refractivity contribution in [2.75, 3.05) is 4.90 Å². The van der Waals surface area contributed by atoms with Crippen molar-refractivity contribution in [3.8, 4) is 0 Å². The quantitative estimate of drug-likeness (QED) is 0.636. The largest absolute Gasteiger partial charge is 0.478 e. The molecule has 1 heterocycles. The maximum atomic E-state index is 11.6. The van der Waals surface area contributed by atoms with Crippen LogP contribution in [0.25, 0.3) is 0 Å². The average molecular weight is 254 g/mol. The molecule has 0 aliphatic carbocycles. The first-order chi connectivity index (χ1) is 8.00. The molecule has 17 heavy (non-hydrogen) atoms. The number of hydrogen-bond acceptors (Lipinski definition) is 3. The zero-order valence-electron chi connectivity index (χ0n) is 8.59. The molecular weight excluding hydrogens is 246 g/mol. The van der Waals surface area contributed by atoms with E-state index in [-0.39, 0.29) is 17.7 Å². The number of anilines is 1. The summed E-state index contributed by atoms with van der Waals surface area (Å²) in [6.07, 6.45) is -0.0578. The molecule has 1 aliphatic heterocycles. The lowest BCUT2D eigenvalue weighted by Gasteiger charge is -2.14. The van der Waals surface area contributed by atoms with Crippen molar-refractivity contribution in [3.63, 3.8) is 0 Å². The second-order valence-electron chi connectivity index (χ2n) is 3.59. The number of carbonyl (C=O) groups excluding carboxylic acids is 2. The van der Waals surface area contributed by atoms with Crippen LogP contribution in [-0.4, -0.2) is 28.3 Å². The van der Waals surface area contributed by atoms with Crippen molar-refractivity contribution >= 4 is 35.1 Å². The molecule has 88 valence electrons. The Kier molecular flexibility index (Phi) is 2.85. The Bertz CT molecular complexity index is 514. The number of amides is 2. The minimum absolute atomic E-state index is 0.0149. The van der Waals surface area contributed by atoms with Crippen LogP contribution in [0.2, 0.25) is 0 Å². The number of benzene rings is 1. The molecule has 6 heteroatoms. The van der Waals surface area contributed by atoms with Gasteiger partial charge < -0.3 is 5.11 Å². The second-order valence-corrected chi connectivity index (χ2v) is 4.12. The fourth-order valence-electron chi connectivity index (χ4n) is 1.64. The van der Waals surface area contributed by atoms with Gasteiger partial charge in [0.25, 0.3) is 5.91 Å². The van der Waals surface area contributed by atoms with Crippen LogP contribution in [0.15, 0.2) is 24.3 Å². The van der Waals surface area contributed by atoms with Gasteiger partial charge in [0.05, 0.1) is 17.7 Å². The minimum atomic E-state index is -1.12. The van der Waals surface area contributed by atoms with Gasteiger partial charge in [0.2, 0.25) is 5.91 Å². The summed E-state index contributed by atoms with van der Waals surface area (Å²) in [5, 5.41) is 7.96. The van der Waals surface area contributed by atoms with Crippen molar-refractivity contribution in [3.05, 3.63) is 29.8 Å². The number of rotatable bonds is 2. The molecule has 2 rings (SSSR count). The van der Waals surface area contributed by atoms with Crippen molar-refractivity contribution in [2.24, 2.45) is 0 Å². The zero-order valence-corrected chi connectivity index (χ0v) is 9.35. The van der Waals surface area contributed by atoms with Crippen molar-refractivity contribution in [1.29, 1.82) is 0 Å². The van der Waals surface area contributed by atoms with Crippen LogP contribution in [0, 0.1) is 0 Å². The minimum Gasteiger partial charge on any atom is -0.478 e.